The monoisotopic (exact) mass is 254 g/mol. The Morgan fingerprint density at radius 1 is 1.42 bits per heavy atom. The largest absolute Gasteiger partial charge is 0.369 e. The van der Waals surface area contributed by atoms with Crippen molar-refractivity contribution in [3.63, 3.8) is 0 Å². The zero-order valence-corrected chi connectivity index (χ0v) is 10.6. The summed E-state index contributed by atoms with van der Waals surface area (Å²) in [5.41, 5.74) is 2.18. The summed E-state index contributed by atoms with van der Waals surface area (Å²) >= 11 is 0. The smallest absolute Gasteiger partial charge is 0.347 e. The Morgan fingerprint density at radius 3 is 2.95 bits per heavy atom. The molecule has 0 atom stereocenters. The van der Waals surface area contributed by atoms with Gasteiger partial charge in [0.15, 0.2) is 0 Å². The molecule has 0 unspecified atom stereocenters. The first-order valence-corrected chi connectivity index (χ1v) is 5.99. The van der Waals surface area contributed by atoms with Gasteiger partial charge in [-0.2, -0.15) is 10.2 Å². The zero-order chi connectivity index (χ0) is 13.7. The SMILES string of the molecule is Cc1ccccc1CCNc1cc(C#N)[nH]c(=O)n1. The van der Waals surface area contributed by atoms with Gasteiger partial charge in [0.1, 0.15) is 17.6 Å². The summed E-state index contributed by atoms with van der Waals surface area (Å²) in [7, 11) is 0. The maximum Gasteiger partial charge on any atom is 0.347 e. The molecule has 0 spiro atoms. The third kappa shape index (κ3) is 3.42. The van der Waals surface area contributed by atoms with Gasteiger partial charge in [0, 0.05) is 12.6 Å². The molecule has 1 aromatic heterocycles. The summed E-state index contributed by atoms with van der Waals surface area (Å²) in [4.78, 5) is 17.3. The fourth-order valence-corrected chi connectivity index (χ4v) is 1.82. The molecule has 0 fully saturated rings. The Bertz CT molecular complexity index is 670. The molecule has 0 saturated heterocycles. The van der Waals surface area contributed by atoms with Crippen molar-refractivity contribution in [2.24, 2.45) is 0 Å². The Balaban J connectivity index is 2.00. The number of hydrogen-bond acceptors (Lipinski definition) is 4. The highest BCUT2D eigenvalue weighted by Crippen LogP contribution is 2.08. The maximum absolute atomic E-state index is 11.2. The highest BCUT2D eigenvalue weighted by molar-refractivity contribution is 5.39. The van der Waals surface area contributed by atoms with Gasteiger partial charge in [-0.25, -0.2) is 4.79 Å². The first-order chi connectivity index (χ1) is 9.19. The van der Waals surface area contributed by atoms with Gasteiger partial charge in [0.2, 0.25) is 0 Å². The van der Waals surface area contributed by atoms with Gasteiger partial charge in [-0.1, -0.05) is 24.3 Å². The van der Waals surface area contributed by atoms with E-state index in [1.165, 1.54) is 17.2 Å². The average Bonchev–Trinajstić information content (AvgIpc) is 2.40. The van der Waals surface area contributed by atoms with Crippen molar-refractivity contribution in [3.8, 4) is 6.07 Å². The Hall–Kier alpha value is -2.61. The Labute approximate surface area is 110 Å². The maximum atomic E-state index is 11.2. The van der Waals surface area contributed by atoms with Crippen LogP contribution >= 0.6 is 0 Å². The first kappa shape index (κ1) is 12.8. The van der Waals surface area contributed by atoms with Crippen LogP contribution in [0, 0.1) is 18.3 Å². The number of benzene rings is 1. The van der Waals surface area contributed by atoms with Crippen LogP contribution in [0.4, 0.5) is 5.82 Å². The summed E-state index contributed by atoms with van der Waals surface area (Å²) in [6, 6.07) is 11.6. The summed E-state index contributed by atoms with van der Waals surface area (Å²) < 4.78 is 0. The summed E-state index contributed by atoms with van der Waals surface area (Å²) in [6.07, 6.45) is 0.836. The number of nitriles is 1. The lowest BCUT2D eigenvalue weighted by Crippen LogP contribution is -2.16. The number of H-pyrrole nitrogens is 1. The quantitative estimate of drug-likeness (QED) is 0.868. The van der Waals surface area contributed by atoms with E-state index in [9.17, 15) is 4.79 Å². The molecule has 0 bridgehead atoms. The number of aryl methyl sites for hydroxylation is 1. The van der Waals surface area contributed by atoms with Gasteiger partial charge in [-0.05, 0) is 24.5 Å². The lowest BCUT2D eigenvalue weighted by Gasteiger charge is -2.07. The van der Waals surface area contributed by atoms with E-state index in [1.54, 1.807) is 0 Å². The van der Waals surface area contributed by atoms with E-state index in [0.29, 0.717) is 12.4 Å². The van der Waals surface area contributed by atoms with E-state index in [4.69, 9.17) is 5.26 Å². The van der Waals surface area contributed by atoms with Crippen LogP contribution in [0.3, 0.4) is 0 Å². The van der Waals surface area contributed by atoms with Crippen LogP contribution in [0.1, 0.15) is 16.8 Å². The summed E-state index contributed by atoms with van der Waals surface area (Å²) in [5.74, 6) is 0.425. The third-order valence-electron chi connectivity index (χ3n) is 2.83. The van der Waals surface area contributed by atoms with Gasteiger partial charge in [-0.3, -0.25) is 4.98 Å². The van der Waals surface area contributed by atoms with Crippen LogP contribution in [-0.4, -0.2) is 16.5 Å². The van der Waals surface area contributed by atoms with Crippen molar-refractivity contribution in [2.75, 3.05) is 11.9 Å². The minimum absolute atomic E-state index is 0.207. The summed E-state index contributed by atoms with van der Waals surface area (Å²) in [5, 5.41) is 11.8. The topological polar surface area (TPSA) is 81.6 Å². The molecule has 0 amide bonds. The number of aromatic amines is 1. The van der Waals surface area contributed by atoms with Crippen molar-refractivity contribution in [2.45, 2.75) is 13.3 Å². The standard InChI is InChI=1S/C14H14N4O/c1-10-4-2-3-5-11(10)6-7-16-13-8-12(9-15)17-14(19)18-13/h2-5,8H,6-7H2,1H3,(H2,16,17,18,19). The van der Waals surface area contributed by atoms with Crippen LogP contribution in [0.15, 0.2) is 35.1 Å². The van der Waals surface area contributed by atoms with Gasteiger partial charge in [0.05, 0.1) is 0 Å². The number of rotatable bonds is 4. The lowest BCUT2D eigenvalue weighted by atomic mass is 10.1. The highest BCUT2D eigenvalue weighted by Gasteiger charge is 2.01. The van der Waals surface area contributed by atoms with Crippen LogP contribution in [0.5, 0.6) is 0 Å². The molecule has 0 aliphatic carbocycles. The van der Waals surface area contributed by atoms with E-state index in [-0.39, 0.29) is 5.69 Å². The number of nitrogens with zero attached hydrogens (tertiary/aromatic N) is 2. The highest BCUT2D eigenvalue weighted by atomic mass is 16.1. The molecule has 96 valence electrons. The number of anilines is 1. The zero-order valence-electron chi connectivity index (χ0n) is 10.6. The van der Waals surface area contributed by atoms with Crippen molar-refractivity contribution < 1.29 is 0 Å². The number of hydrogen-bond donors (Lipinski definition) is 2. The van der Waals surface area contributed by atoms with Crippen LogP contribution in [0.2, 0.25) is 0 Å². The van der Waals surface area contributed by atoms with Crippen molar-refractivity contribution in [3.05, 3.63) is 57.6 Å². The number of aromatic nitrogens is 2. The Morgan fingerprint density at radius 2 is 2.21 bits per heavy atom. The molecule has 5 nitrogen and oxygen atoms in total. The molecule has 2 N–H and O–H groups in total. The van der Waals surface area contributed by atoms with E-state index >= 15 is 0 Å². The molecular formula is C14H14N4O. The fraction of sp³-hybridized carbons (Fsp3) is 0.214. The molecule has 5 heteroatoms. The minimum Gasteiger partial charge on any atom is -0.369 e. The Kier molecular flexibility index (Phi) is 3.94. The first-order valence-electron chi connectivity index (χ1n) is 5.99. The predicted molar refractivity (Wildman–Crippen MR) is 72.9 cm³/mol. The lowest BCUT2D eigenvalue weighted by molar-refractivity contribution is 0.972. The second kappa shape index (κ2) is 5.83. The van der Waals surface area contributed by atoms with Crippen molar-refractivity contribution >= 4 is 5.82 Å². The summed E-state index contributed by atoms with van der Waals surface area (Å²) in [6.45, 7) is 2.72. The second-order valence-corrected chi connectivity index (χ2v) is 4.20. The van der Waals surface area contributed by atoms with Crippen LogP contribution in [-0.2, 0) is 6.42 Å². The average molecular weight is 254 g/mol. The van der Waals surface area contributed by atoms with E-state index in [0.717, 1.165) is 6.42 Å². The molecular weight excluding hydrogens is 240 g/mol. The van der Waals surface area contributed by atoms with E-state index in [2.05, 4.69) is 34.3 Å². The van der Waals surface area contributed by atoms with Crippen molar-refractivity contribution in [1.82, 2.24) is 9.97 Å². The third-order valence-corrected chi connectivity index (χ3v) is 2.83. The van der Waals surface area contributed by atoms with Gasteiger partial charge in [-0.15, -0.1) is 0 Å². The second-order valence-electron chi connectivity index (χ2n) is 4.20. The fourth-order valence-electron chi connectivity index (χ4n) is 1.82. The molecule has 0 aliphatic heterocycles. The molecule has 2 rings (SSSR count). The molecule has 0 radical (unpaired) electrons. The molecule has 1 heterocycles. The molecule has 1 aromatic carbocycles. The normalized spacial score (nSPS) is 9.89. The van der Waals surface area contributed by atoms with Gasteiger partial charge < -0.3 is 5.32 Å². The van der Waals surface area contributed by atoms with Gasteiger partial charge >= 0.3 is 5.69 Å². The van der Waals surface area contributed by atoms with E-state index in [1.807, 2.05) is 18.2 Å². The number of nitrogens with one attached hydrogen (secondary N) is 2. The molecule has 2 aromatic rings. The molecule has 0 saturated carbocycles. The predicted octanol–water partition coefficient (Wildman–Crippen LogP) is 1.60. The van der Waals surface area contributed by atoms with Crippen molar-refractivity contribution in [1.29, 1.82) is 5.26 Å². The van der Waals surface area contributed by atoms with Gasteiger partial charge in [0.25, 0.3) is 0 Å². The minimum atomic E-state index is -0.516. The van der Waals surface area contributed by atoms with E-state index < -0.39 is 5.69 Å². The van der Waals surface area contributed by atoms with Crippen LogP contribution < -0.4 is 11.0 Å². The molecule has 19 heavy (non-hydrogen) atoms. The molecule has 0 aliphatic rings. The van der Waals surface area contributed by atoms with Crippen LogP contribution in [0.25, 0.3) is 0 Å².